The Kier molecular flexibility index (Phi) is 6.09. The number of halogens is 4. The first-order valence-corrected chi connectivity index (χ1v) is 9.32. The Bertz CT molecular complexity index is 1170. The SMILES string of the molecule is C/C(NN)=C(/N)Cn1nc(C)c2c(Cl)c(C(=O)Nc3ccc(C(F)(F)F)cc3)cnc21. The van der Waals surface area contributed by atoms with E-state index in [-0.39, 0.29) is 22.8 Å². The van der Waals surface area contributed by atoms with E-state index in [0.29, 0.717) is 28.1 Å². The minimum atomic E-state index is -4.46. The molecule has 164 valence electrons. The monoisotopic (exact) mass is 453 g/mol. The van der Waals surface area contributed by atoms with E-state index in [9.17, 15) is 18.0 Å². The molecular weight excluding hydrogens is 435 g/mol. The van der Waals surface area contributed by atoms with E-state index in [4.69, 9.17) is 23.2 Å². The van der Waals surface area contributed by atoms with E-state index >= 15 is 0 Å². The van der Waals surface area contributed by atoms with Crippen LogP contribution in [-0.2, 0) is 12.7 Å². The number of allylic oxidation sites excluding steroid dienone is 2. The Hall–Kier alpha value is -3.31. The number of hydrogen-bond donors (Lipinski definition) is 4. The first kappa shape index (κ1) is 22.4. The molecule has 0 bridgehead atoms. The predicted octanol–water partition coefficient (Wildman–Crippen LogP) is 3.32. The number of nitrogens with two attached hydrogens (primary N) is 2. The van der Waals surface area contributed by atoms with E-state index < -0.39 is 17.6 Å². The molecule has 6 N–H and O–H groups in total. The topological polar surface area (TPSA) is 124 Å². The Morgan fingerprint density at radius 1 is 1.26 bits per heavy atom. The number of hydrogen-bond acceptors (Lipinski definition) is 6. The first-order chi connectivity index (χ1) is 14.5. The summed E-state index contributed by atoms with van der Waals surface area (Å²) in [6, 6.07) is 4.07. The quantitative estimate of drug-likeness (QED) is 0.347. The van der Waals surface area contributed by atoms with Crippen LogP contribution in [0.3, 0.4) is 0 Å². The van der Waals surface area contributed by atoms with Gasteiger partial charge in [-0.15, -0.1) is 0 Å². The zero-order chi connectivity index (χ0) is 22.9. The maximum Gasteiger partial charge on any atom is 0.416 e. The van der Waals surface area contributed by atoms with Crippen molar-refractivity contribution in [3.63, 3.8) is 0 Å². The molecule has 1 aromatic carbocycles. The lowest BCUT2D eigenvalue weighted by molar-refractivity contribution is -0.137. The fourth-order valence-corrected chi connectivity index (χ4v) is 3.21. The van der Waals surface area contributed by atoms with E-state index in [1.165, 1.54) is 10.9 Å². The van der Waals surface area contributed by atoms with E-state index in [1.54, 1.807) is 13.8 Å². The Morgan fingerprint density at radius 3 is 2.48 bits per heavy atom. The van der Waals surface area contributed by atoms with Gasteiger partial charge in [-0.3, -0.25) is 10.6 Å². The number of carbonyl (C=O) groups is 1. The van der Waals surface area contributed by atoms with Crippen LogP contribution in [0.4, 0.5) is 18.9 Å². The van der Waals surface area contributed by atoms with Crippen LogP contribution in [-0.4, -0.2) is 20.7 Å². The summed E-state index contributed by atoms with van der Waals surface area (Å²) in [5.41, 5.74) is 9.82. The fraction of sp³-hybridized carbons (Fsp3) is 0.211. The zero-order valence-corrected chi connectivity index (χ0v) is 17.3. The van der Waals surface area contributed by atoms with E-state index in [1.807, 2.05) is 0 Å². The second kappa shape index (κ2) is 8.44. The number of carbonyl (C=O) groups excluding carboxylic acids is 1. The molecule has 31 heavy (non-hydrogen) atoms. The van der Waals surface area contributed by atoms with Crippen molar-refractivity contribution in [2.45, 2.75) is 26.6 Å². The molecule has 0 unspecified atom stereocenters. The lowest BCUT2D eigenvalue weighted by Gasteiger charge is -2.10. The molecule has 0 aliphatic heterocycles. The highest BCUT2D eigenvalue weighted by atomic mass is 35.5. The number of nitrogens with zero attached hydrogens (tertiary/aromatic N) is 3. The van der Waals surface area contributed by atoms with Gasteiger partial charge < -0.3 is 16.5 Å². The Morgan fingerprint density at radius 2 is 1.90 bits per heavy atom. The first-order valence-electron chi connectivity index (χ1n) is 8.95. The molecule has 3 rings (SSSR count). The molecule has 0 saturated heterocycles. The fourth-order valence-electron chi connectivity index (χ4n) is 2.86. The molecule has 1 amide bonds. The average molecular weight is 454 g/mol. The predicted molar refractivity (Wildman–Crippen MR) is 111 cm³/mol. The number of pyridine rings is 1. The van der Waals surface area contributed by atoms with Crippen LogP contribution in [0, 0.1) is 6.92 Å². The molecule has 0 fully saturated rings. The molecular formula is C19H19ClF3N7O. The van der Waals surface area contributed by atoms with Gasteiger partial charge in [-0.05, 0) is 38.1 Å². The van der Waals surface area contributed by atoms with Gasteiger partial charge in [0.1, 0.15) is 0 Å². The number of benzene rings is 1. The highest BCUT2D eigenvalue weighted by Crippen LogP contribution is 2.31. The third-order valence-corrected chi connectivity index (χ3v) is 5.00. The third kappa shape index (κ3) is 4.57. The molecule has 0 atom stereocenters. The summed E-state index contributed by atoms with van der Waals surface area (Å²) in [5, 5.41) is 7.47. The Balaban J connectivity index is 1.90. The molecule has 2 heterocycles. The van der Waals surface area contributed by atoms with Gasteiger partial charge >= 0.3 is 6.18 Å². The van der Waals surface area contributed by atoms with Crippen molar-refractivity contribution in [1.29, 1.82) is 0 Å². The molecule has 12 heteroatoms. The van der Waals surface area contributed by atoms with Gasteiger partial charge in [-0.25, -0.2) is 9.67 Å². The van der Waals surface area contributed by atoms with Crippen molar-refractivity contribution in [1.82, 2.24) is 20.2 Å². The number of amides is 1. The molecule has 8 nitrogen and oxygen atoms in total. The third-order valence-electron chi connectivity index (χ3n) is 4.61. The largest absolute Gasteiger partial charge is 0.416 e. The highest BCUT2D eigenvalue weighted by Gasteiger charge is 2.30. The number of aryl methyl sites for hydroxylation is 1. The average Bonchev–Trinajstić information content (AvgIpc) is 3.03. The second-order valence-electron chi connectivity index (χ2n) is 6.75. The molecule has 0 spiro atoms. The van der Waals surface area contributed by atoms with E-state index in [2.05, 4.69) is 20.8 Å². The van der Waals surface area contributed by atoms with Crippen LogP contribution in [0.1, 0.15) is 28.5 Å². The van der Waals surface area contributed by atoms with Gasteiger partial charge in [0, 0.05) is 17.6 Å². The maximum absolute atomic E-state index is 12.7. The Labute approximate surface area is 180 Å². The highest BCUT2D eigenvalue weighted by molar-refractivity contribution is 6.39. The standard InChI is InChI=1S/C19H19ClF3N7O/c1-9(28-25)14(24)8-30-17-15(10(2)29-30)16(20)13(7-26-17)18(31)27-12-5-3-11(4-6-12)19(21,22)23/h3-7,28H,8,24-25H2,1-2H3,(H,27,31)/b14-9-. The van der Waals surface area contributed by atoms with Crippen LogP contribution in [0.5, 0.6) is 0 Å². The second-order valence-corrected chi connectivity index (χ2v) is 7.13. The molecule has 2 aromatic heterocycles. The van der Waals surface area contributed by atoms with Crippen LogP contribution in [0.25, 0.3) is 11.0 Å². The number of aromatic nitrogens is 3. The van der Waals surface area contributed by atoms with Crippen LogP contribution < -0.4 is 22.3 Å². The molecule has 0 radical (unpaired) electrons. The number of hydrazine groups is 1. The minimum absolute atomic E-state index is 0.0556. The van der Waals surface area contributed by atoms with Gasteiger partial charge in [0.2, 0.25) is 0 Å². The smallest absolute Gasteiger partial charge is 0.399 e. The van der Waals surface area contributed by atoms with Crippen molar-refractivity contribution in [3.8, 4) is 0 Å². The van der Waals surface area contributed by atoms with Crippen molar-refractivity contribution in [2.24, 2.45) is 11.6 Å². The summed E-state index contributed by atoms with van der Waals surface area (Å²) < 4.78 is 39.6. The summed E-state index contributed by atoms with van der Waals surface area (Å²) in [6.07, 6.45) is -3.19. The summed E-state index contributed by atoms with van der Waals surface area (Å²) in [7, 11) is 0. The van der Waals surface area contributed by atoms with Gasteiger partial charge in [0.05, 0.1) is 39.5 Å². The van der Waals surface area contributed by atoms with E-state index in [0.717, 1.165) is 24.3 Å². The van der Waals surface area contributed by atoms with Crippen molar-refractivity contribution >= 4 is 34.2 Å². The zero-order valence-electron chi connectivity index (χ0n) is 16.5. The molecule has 0 saturated carbocycles. The van der Waals surface area contributed by atoms with Crippen LogP contribution >= 0.6 is 11.6 Å². The van der Waals surface area contributed by atoms with Crippen molar-refractivity contribution < 1.29 is 18.0 Å². The van der Waals surface area contributed by atoms with Gasteiger partial charge in [-0.2, -0.15) is 18.3 Å². The maximum atomic E-state index is 12.7. The van der Waals surface area contributed by atoms with Crippen molar-refractivity contribution in [2.75, 3.05) is 5.32 Å². The molecule has 0 aliphatic rings. The summed E-state index contributed by atoms with van der Waals surface area (Å²) in [5.74, 6) is 4.74. The minimum Gasteiger partial charge on any atom is -0.399 e. The summed E-state index contributed by atoms with van der Waals surface area (Å²) >= 11 is 6.45. The molecule has 0 aliphatic carbocycles. The number of fused-ring (bicyclic) bond motifs is 1. The number of anilines is 1. The number of alkyl halides is 3. The van der Waals surface area contributed by atoms with Crippen molar-refractivity contribution in [3.05, 3.63) is 63.7 Å². The van der Waals surface area contributed by atoms with Gasteiger partial charge in [-0.1, -0.05) is 11.6 Å². The molecule has 3 aromatic rings. The number of rotatable bonds is 5. The number of nitrogens with one attached hydrogen (secondary N) is 2. The van der Waals surface area contributed by atoms with Gasteiger partial charge in [0.25, 0.3) is 5.91 Å². The van der Waals surface area contributed by atoms with Crippen LogP contribution in [0.15, 0.2) is 41.9 Å². The van der Waals surface area contributed by atoms with Gasteiger partial charge in [0.15, 0.2) is 5.65 Å². The lowest BCUT2D eigenvalue weighted by Crippen LogP contribution is -2.25. The van der Waals surface area contributed by atoms with Crippen LogP contribution in [0.2, 0.25) is 5.02 Å². The normalized spacial score (nSPS) is 12.6. The summed E-state index contributed by atoms with van der Waals surface area (Å²) in [4.78, 5) is 16.9. The summed E-state index contributed by atoms with van der Waals surface area (Å²) in [6.45, 7) is 3.61. The lowest BCUT2D eigenvalue weighted by atomic mass is 10.1.